The number of hydrogen-bond donors (Lipinski definition) is 3. The summed E-state index contributed by atoms with van der Waals surface area (Å²) in [6.07, 6.45) is 3.95. The molecule has 1 aromatic carbocycles. The number of H-pyrrole nitrogens is 1. The molecule has 22 heavy (non-hydrogen) atoms. The van der Waals surface area contributed by atoms with E-state index in [2.05, 4.69) is 35.2 Å². The molecule has 5 nitrogen and oxygen atoms in total. The monoisotopic (exact) mass is 302 g/mol. The van der Waals surface area contributed by atoms with Crippen LogP contribution in [0.2, 0.25) is 0 Å². The molecule has 0 aliphatic carbocycles. The van der Waals surface area contributed by atoms with E-state index in [1.54, 1.807) is 7.11 Å². The van der Waals surface area contributed by atoms with Crippen molar-refractivity contribution in [3.63, 3.8) is 0 Å². The van der Waals surface area contributed by atoms with Crippen LogP contribution in [-0.4, -0.2) is 31.1 Å². The molecule has 0 aliphatic heterocycles. The number of benzene rings is 1. The zero-order valence-electron chi connectivity index (χ0n) is 13.6. The highest BCUT2D eigenvalue weighted by Crippen LogP contribution is 2.28. The molecule has 0 saturated carbocycles. The van der Waals surface area contributed by atoms with Crippen LogP contribution < -0.4 is 15.8 Å². The minimum atomic E-state index is 0.521. The summed E-state index contributed by atoms with van der Waals surface area (Å²) in [6, 6.07) is 6.02. The van der Waals surface area contributed by atoms with Crippen LogP contribution in [0.15, 0.2) is 29.4 Å². The first-order valence-corrected chi connectivity index (χ1v) is 7.78. The molecular formula is C17H26N4O. The predicted molar refractivity (Wildman–Crippen MR) is 92.5 cm³/mol. The first kappa shape index (κ1) is 16.2. The molecule has 0 fully saturated rings. The third kappa shape index (κ3) is 4.16. The van der Waals surface area contributed by atoms with Crippen molar-refractivity contribution in [3.05, 3.63) is 30.0 Å². The molecule has 120 valence electrons. The Morgan fingerprint density at radius 2 is 2.23 bits per heavy atom. The van der Waals surface area contributed by atoms with Crippen LogP contribution in [-0.2, 0) is 6.42 Å². The van der Waals surface area contributed by atoms with Gasteiger partial charge in [0.05, 0.1) is 7.11 Å². The standard InChI is InChI=1S/C17H26N4O/c1-12(2)7-9-19-17(18)20-10-8-13-11-21-14-5-4-6-15(22-3)16(13)14/h4-6,11-12,21H,7-10H2,1-3H3,(H3,18,19,20). The second-order valence-corrected chi connectivity index (χ2v) is 5.82. The second kappa shape index (κ2) is 7.73. The number of nitrogens with two attached hydrogens (primary N) is 1. The number of hydrogen-bond acceptors (Lipinski definition) is 2. The number of aromatic nitrogens is 1. The first-order chi connectivity index (χ1) is 10.6. The van der Waals surface area contributed by atoms with Crippen molar-refractivity contribution in [2.24, 2.45) is 16.6 Å². The highest BCUT2D eigenvalue weighted by molar-refractivity contribution is 5.89. The highest BCUT2D eigenvalue weighted by Gasteiger charge is 2.08. The van der Waals surface area contributed by atoms with E-state index in [1.165, 1.54) is 5.56 Å². The van der Waals surface area contributed by atoms with E-state index in [9.17, 15) is 0 Å². The Morgan fingerprint density at radius 1 is 1.41 bits per heavy atom. The number of aliphatic imine (C=N–C) groups is 1. The lowest BCUT2D eigenvalue weighted by atomic mass is 10.1. The van der Waals surface area contributed by atoms with Crippen LogP contribution in [0, 0.1) is 5.92 Å². The van der Waals surface area contributed by atoms with E-state index in [1.807, 2.05) is 18.3 Å². The summed E-state index contributed by atoms with van der Waals surface area (Å²) in [5.41, 5.74) is 8.18. The van der Waals surface area contributed by atoms with Crippen molar-refractivity contribution in [2.45, 2.75) is 26.7 Å². The quantitative estimate of drug-likeness (QED) is 0.543. The summed E-state index contributed by atoms with van der Waals surface area (Å²) in [7, 11) is 1.70. The Kier molecular flexibility index (Phi) is 5.69. The van der Waals surface area contributed by atoms with Gasteiger partial charge in [-0.2, -0.15) is 0 Å². The van der Waals surface area contributed by atoms with Gasteiger partial charge in [-0.25, -0.2) is 0 Å². The van der Waals surface area contributed by atoms with Crippen molar-refractivity contribution in [3.8, 4) is 5.75 Å². The van der Waals surface area contributed by atoms with E-state index in [-0.39, 0.29) is 0 Å². The molecular weight excluding hydrogens is 276 g/mol. The fraction of sp³-hybridized carbons (Fsp3) is 0.471. The summed E-state index contributed by atoms with van der Waals surface area (Å²) in [5.74, 6) is 2.06. The van der Waals surface area contributed by atoms with Gasteiger partial charge in [0.1, 0.15) is 5.75 Å². The summed E-state index contributed by atoms with van der Waals surface area (Å²) in [5, 5.41) is 4.31. The molecule has 2 rings (SSSR count). The van der Waals surface area contributed by atoms with Crippen molar-refractivity contribution in [1.82, 2.24) is 10.3 Å². The number of aromatic amines is 1. The van der Waals surface area contributed by atoms with Crippen LogP contribution in [0.25, 0.3) is 10.9 Å². The molecule has 0 unspecified atom stereocenters. The average Bonchev–Trinajstić information content (AvgIpc) is 2.90. The van der Waals surface area contributed by atoms with Crippen LogP contribution in [0.3, 0.4) is 0 Å². The maximum atomic E-state index is 5.87. The number of ether oxygens (including phenoxy) is 1. The van der Waals surface area contributed by atoms with Gasteiger partial charge >= 0.3 is 0 Å². The predicted octanol–water partition coefficient (Wildman–Crippen LogP) is 2.67. The van der Waals surface area contributed by atoms with Crippen molar-refractivity contribution >= 4 is 16.9 Å². The lowest BCUT2D eigenvalue weighted by Gasteiger charge is -2.07. The topological polar surface area (TPSA) is 75.4 Å². The molecule has 0 amide bonds. The smallest absolute Gasteiger partial charge is 0.188 e. The highest BCUT2D eigenvalue weighted by atomic mass is 16.5. The van der Waals surface area contributed by atoms with Crippen molar-refractivity contribution in [2.75, 3.05) is 20.2 Å². The van der Waals surface area contributed by atoms with Gasteiger partial charge in [-0.05, 0) is 36.5 Å². The van der Waals surface area contributed by atoms with E-state index >= 15 is 0 Å². The molecule has 2 aromatic rings. The summed E-state index contributed by atoms with van der Waals surface area (Å²) < 4.78 is 5.44. The van der Waals surface area contributed by atoms with Crippen LogP contribution >= 0.6 is 0 Å². The van der Waals surface area contributed by atoms with Gasteiger partial charge in [0.25, 0.3) is 0 Å². The molecule has 0 spiro atoms. The molecule has 0 bridgehead atoms. The Labute approximate surface area is 132 Å². The van der Waals surface area contributed by atoms with Crippen LogP contribution in [0.1, 0.15) is 25.8 Å². The first-order valence-electron chi connectivity index (χ1n) is 7.78. The molecule has 1 aromatic heterocycles. The Bertz CT molecular complexity index is 631. The maximum absolute atomic E-state index is 5.87. The van der Waals surface area contributed by atoms with Crippen LogP contribution in [0.4, 0.5) is 0 Å². The SMILES string of the molecule is COc1cccc2[nH]cc(CCNC(N)=NCCC(C)C)c12. The molecule has 0 aliphatic rings. The van der Waals surface area contributed by atoms with E-state index in [0.717, 1.165) is 42.6 Å². The van der Waals surface area contributed by atoms with Gasteiger partial charge in [0.15, 0.2) is 5.96 Å². The van der Waals surface area contributed by atoms with Crippen molar-refractivity contribution < 1.29 is 4.74 Å². The number of rotatable bonds is 7. The number of fused-ring (bicyclic) bond motifs is 1. The third-order valence-corrected chi connectivity index (χ3v) is 3.66. The molecule has 4 N–H and O–H groups in total. The average molecular weight is 302 g/mol. The second-order valence-electron chi connectivity index (χ2n) is 5.82. The number of guanidine groups is 1. The fourth-order valence-electron chi connectivity index (χ4n) is 2.41. The van der Waals surface area contributed by atoms with Crippen molar-refractivity contribution in [1.29, 1.82) is 0 Å². The number of methoxy groups -OCH3 is 1. The molecule has 0 atom stereocenters. The lowest BCUT2D eigenvalue weighted by molar-refractivity contribution is 0.419. The third-order valence-electron chi connectivity index (χ3n) is 3.66. The molecule has 5 heteroatoms. The molecule has 0 radical (unpaired) electrons. The van der Waals surface area contributed by atoms with E-state index in [0.29, 0.717) is 11.9 Å². The zero-order chi connectivity index (χ0) is 15.9. The van der Waals surface area contributed by atoms with E-state index in [4.69, 9.17) is 10.5 Å². The summed E-state index contributed by atoms with van der Waals surface area (Å²) in [4.78, 5) is 7.61. The van der Waals surface area contributed by atoms with Crippen LogP contribution in [0.5, 0.6) is 5.75 Å². The maximum Gasteiger partial charge on any atom is 0.188 e. The van der Waals surface area contributed by atoms with Gasteiger partial charge in [0.2, 0.25) is 0 Å². The van der Waals surface area contributed by atoms with Gasteiger partial charge in [-0.1, -0.05) is 19.9 Å². The van der Waals surface area contributed by atoms with Gasteiger partial charge in [0, 0.05) is 30.2 Å². The normalized spacial score (nSPS) is 12.1. The fourth-order valence-corrected chi connectivity index (χ4v) is 2.41. The molecule has 1 heterocycles. The van der Waals surface area contributed by atoms with E-state index < -0.39 is 0 Å². The Balaban J connectivity index is 1.92. The minimum absolute atomic E-state index is 0.521. The zero-order valence-corrected chi connectivity index (χ0v) is 13.6. The van der Waals surface area contributed by atoms with Gasteiger partial charge in [-0.3, -0.25) is 4.99 Å². The lowest BCUT2D eigenvalue weighted by Crippen LogP contribution is -2.33. The summed E-state index contributed by atoms with van der Waals surface area (Å²) in [6.45, 7) is 5.90. The Morgan fingerprint density at radius 3 is 2.95 bits per heavy atom. The number of nitrogens with zero attached hydrogens (tertiary/aromatic N) is 1. The molecule has 0 saturated heterocycles. The largest absolute Gasteiger partial charge is 0.496 e. The minimum Gasteiger partial charge on any atom is -0.496 e. The van der Waals surface area contributed by atoms with Gasteiger partial charge in [-0.15, -0.1) is 0 Å². The van der Waals surface area contributed by atoms with Gasteiger partial charge < -0.3 is 20.8 Å². The number of nitrogens with one attached hydrogen (secondary N) is 2. The Hall–Kier alpha value is -2.17. The summed E-state index contributed by atoms with van der Waals surface area (Å²) >= 11 is 0.